The van der Waals surface area contributed by atoms with Crippen LogP contribution in [-0.4, -0.2) is 46.7 Å². The van der Waals surface area contributed by atoms with Crippen LogP contribution in [0.4, 0.5) is 0 Å². The predicted molar refractivity (Wildman–Crippen MR) is 51.3 cm³/mol. The Morgan fingerprint density at radius 3 is 2.67 bits per heavy atom. The van der Waals surface area contributed by atoms with Crippen molar-refractivity contribution in [3.05, 3.63) is 0 Å². The van der Waals surface area contributed by atoms with Crippen molar-refractivity contribution in [3.63, 3.8) is 0 Å². The number of amides is 1. The summed E-state index contributed by atoms with van der Waals surface area (Å²) >= 11 is 0. The summed E-state index contributed by atoms with van der Waals surface area (Å²) in [4.78, 5) is 24.0. The van der Waals surface area contributed by atoms with Crippen LogP contribution in [0, 0.1) is 0 Å². The van der Waals surface area contributed by atoms with Crippen LogP contribution in [0.2, 0.25) is 0 Å². The van der Waals surface area contributed by atoms with Crippen molar-refractivity contribution in [2.24, 2.45) is 0 Å². The Morgan fingerprint density at radius 1 is 1.33 bits per heavy atom. The van der Waals surface area contributed by atoms with Crippen LogP contribution in [0.1, 0.15) is 26.2 Å². The molecule has 0 spiro atoms. The Morgan fingerprint density at radius 2 is 2.07 bits per heavy atom. The zero-order chi connectivity index (χ0) is 11.0. The molecule has 0 saturated carbocycles. The third-order valence-corrected chi connectivity index (χ3v) is 3.24. The molecule has 5 heteroatoms. The number of hydrogen-bond donors (Lipinski definition) is 1. The third kappa shape index (κ3) is 1.71. The average molecular weight is 213 g/mol. The molecule has 1 amide bonds. The van der Waals surface area contributed by atoms with Gasteiger partial charge in [-0.05, 0) is 19.3 Å². The lowest BCUT2D eigenvalue weighted by molar-refractivity contribution is -0.156. The van der Waals surface area contributed by atoms with Crippen LogP contribution in [0.25, 0.3) is 0 Å². The number of rotatable bonds is 1. The number of carboxylic acids is 1. The first-order valence-corrected chi connectivity index (χ1v) is 5.24. The van der Waals surface area contributed by atoms with Crippen molar-refractivity contribution in [3.8, 4) is 0 Å². The second-order valence-electron chi connectivity index (χ2n) is 4.12. The van der Waals surface area contributed by atoms with E-state index in [0.29, 0.717) is 13.0 Å². The summed E-state index contributed by atoms with van der Waals surface area (Å²) < 4.78 is 5.48. The predicted octanol–water partition coefficient (Wildman–Crippen LogP) is 0.239. The first-order valence-electron chi connectivity index (χ1n) is 5.24. The smallest absolute Gasteiger partial charge is 0.326 e. The topological polar surface area (TPSA) is 66.8 Å². The highest BCUT2D eigenvalue weighted by molar-refractivity contribution is 5.83. The van der Waals surface area contributed by atoms with Gasteiger partial charge in [-0.15, -0.1) is 0 Å². The lowest BCUT2D eigenvalue weighted by atomic mass is 9.92. The minimum atomic E-state index is -0.907. The fourth-order valence-electron chi connectivity index (χ4n) is 2.62. The van der Waals surface area contributed by atoms with Crippen molar-refractivity contribution in [2.45, 2.75) is 44.4 Å². The SMILES string of the molecule is CC(=O)N1[C@@H](C(=O)O)CC[C@H]2OCC[C@H]21. The van der Waals surface area contributed by atoms with Crippen LogP contribution in [0.3, 0.4) is 0 Å². The van der Waals surface area contributed by atoms with Gasteiger partial charge >= 0.3 is 5.97 Å². The van der Waals surface area contributed by atoms with Gasteiger partial charge in [-0.2, -0.15) is 0 Å². The van der Waals surface area contributed by atoms with Crippen LogP contribution in [-0.2, 0) is 14.3 Å². The molecule has 0 aromatic heterocycles. The summed E-state index contributed by atoms with van der Waals surface area (Å²) in [6.45, 7) is 2.06. The highest BCUT2D eigenvalue weighted by Gasteiger charge is 2.44. The van der Waals surface area contributed by atoms with Gasteiger partial charge in [-0.1, -0.05) is 0 Å². The first-order chi connectivity index (χ1) is 7.11. The second kappa shape index (κ2) is 3.81. The summed E-state index contributed by atoms with van der Waals surface area (Å²) in [6.07, 6.45) is 2.04. The lowest BCUT2D eigenvalue weighted by Gasteiger charge is -2.40. The summed E-state index contributed by atoms with van der Waals surface area (Å²) in [5.41, 5.74) is 0. The van der Waals surface area contributed by atoms with E-state index in [-0.39, 0.29) is 18.1 Å². The van der Waals surface area contributed by atoms with Gasteiger partial charge in [0.2, 0.25) is 5.91 Å². The van der Waals surface area contributed by atoms with E-state index < -0.39 is 12.0 Å². The molecule has 2 aliphatic heterocycles. The molecule has 0 aromatic carbocycles. The molecule has 2 heterocycles. The van der Waals surface area contributed by atoms with Gasteiger partial charge in [0.15, 0.2) is 0 Å². The number of ether oxygens (including phenoxy) is 1. The molecule has 84 valence electrons. The molecule has 2 aliphatic rings. The molecule has 15 heavy (non-hydrogen) atoms. The maximum absolute atomic E-state index is 11.5. The van der Waals surface area contributed by atoms with Crippen molar-refractivity contribution < 1.29 is 19.4 Å². The third-order valence-electron chi connectivity index (χ3n) is 3.24. The minimum Gasteiger partial charge on any atom is -0.480 e. The van der Waals surface area contributed by atoms with Crippen molar-refractivity contribution >= 4 is 11.9 Å². The molecule has 3 atom stereocenters. The quantitative estimate of drug-likeness (QED) is 0.677. The zero-order valence-electron chi connectivity index (χ0n) is 8.68. The molecule has 0 aliphatic carbocycles. The number of piperidine rings is 1. The Hall–Kier alpha value is -1.10. The van der Waals surface area contributed by atoms with Crippen molar-refractivity contribution in [1.29, 1.82) is 0 Å². The summed E-state index contributed by atoms with van der Waals surface area (Å²) in [5, 5.41) is 9.04. The van der Waals surface area contributed by atoms with E-state index in [1.54, 1.807) is 0 Å². The highest BCUT2D eigenvalue weighted by atomic mass is 16.5. The number of carboxylic acid groups (broad SMARTS) is 1. The van der Waals surface area contributed by atoms with E-state index in [2.05, 4.69) is 0 Å². The minimum absolute atomic E-state index is 0.0302. The molecular weight excluding hydrogens is 198 g/mol. The molecule has 2 rings (SSSR count). The van der Waals surface area contributed by atoms with E-state index in [0.717, 1.165) is 12.8 Å². The lowest BCUT2D eigenvalue weighted by Crippen LogP contribution is -2.56. The Bertz CT molecular complexity index is 291. The van der Waals surface area contributed by atoms with Crippen molar-refractivity contribution in [2.75, 3.05) is 6.61 Å². The van der Waals surface area contributed by atoms with Gasteiger partial charge in [0.25, 0.3) is 0 Å². The molecule has 2 fully saturated rings. The molecule has 0 aromatic rings. The number of carbonyl (C=O) groups is 2. The summed E-state index contributed by atoms with van der Waals surface area (Å²) in [6, 6.07) is -0.692. The maximum atomic E-state index is 11.5. The number of nitrogens with zero attached hydrogens (tertiary/aromatic N) is 1. The van der Waals surface area contributed by atoms with Gasteiger partial charge < -0.3 is 14.7 Å². The van der Waals surface area contributed by atoms with E-state index in [1.165, 1.54) is 11.8 Å². The molecule has 1 N–H and O–H groups in total. The number of fused-ring (bicyclic) bond motifs is 1. The highest BCUT2D eigenvalue weighted by Crippen LogP contribution is 2.31. The van der Waals surface area contributed by atoms with Crippen LogP contribution < -0.4 is 0 Å². The van der Waals surface area contributed by atoms with Gasteiger partial charge in [-0.25, -0.2) is 4.79 Å². The van der Waals surface area contributed by atoms with Crippen LogP contribution in [0.5, 0.6) is 0 Å². The normalized spacial score (nSPS) is 35.0. The Balaban J connectivity index is 2.21. The Labute approximate surface area is 88.0 Å². The second-order valence-corrected chi connectivity index (χ2v) is 4.12. The fourth-order valence-corrected chi connectivity index (χ4v) is 2.62. The molecule has 0 radical (unpaired) electrons. The number of carbonyl (C=O) groups excluding carboxylic acids is 1. The van der Waals surface area contributed by atoms with Gasteiger partial charge in [0, 0.05) is 13.5 Å². The van der Waals surface area contributed by atoms with E-state index >= 15 is 0 Å². The molecule has 0 unspecified atom stereocenters. The van der Waals surface area contributed by atoms with Gasteiger partial charge in [-0.3, -0.25) is 4.79 Å². The standard InChI is InChI=1S/C10H15NO4/c1-6(12)11-7-4-5-15-9(7)3-2-8(11)10(13)14/h7-9H,2-5H2,1H3,(H,13,14)/t7-,8-,9-/m1/s1. The van der Waals surface area contributed by atoms with Gasteiger partial charge in [0.05, 0.1) is 12.1 Å². The number of hydrogen-bond acceptors (Lipinski definition) is 3. The molecule has 0 bridgehead atoms. The maximum Gasteiger partial charge on any atom is 0.326 e. The number of aliphatic carboxylic acids is 1. The number of likely N-dealkylation sites (tertiary alicyclic amines) is 1. The van der Waals surface area contributed by atoms with E-state index in [4.69, 9.17) is 9.84 Å². The summed E-state index contributed by atoms with van der Waals surface area (Å²) in [5.74, 6) is -1.07. The first kappa shape index (κ1) is 10.4. The molecular formula is C10H15NO4. The summed E-state index contributed by atoms with van der Waals surface area (Å²) in [7, 11) is 0. The zero-order valence-corrected chi connectivity index (χ0v) is 8.68. The monoisotopic (exact) mass is 213 g/mol. The molecule has 5 nitrogen and oxygen atoms in total. The van der Waals surface area contributed by atoms with E-state index in [1.807, 2.05) is 0 Å². The average Bonchev–Trinajstić information content (AvgIpc) is 2.62. The van der Waals surface area contributed by atoms with Gasteiger partial charge in [0.1, 0.15) is 6.04 Å². The molecule has 2 saturated heterocycles. The van der Waals surface area contributed by atoms with Crippen LogP contribution >= 0.6 is 0 Å². The largest absolute Gasteiger partial charge is 0.480 e. The van der Waals surface area contributed by atoms with Crippen LogP contribution in [0.15, 0.2) is 0 Å². The fraction of sp³-hybridized carbons (Fsp3) is 0.800. The van der Waals surface area contributed by atoms with E-state index in [9.17, 15) is 9.59 Å². The Kier molecular flexibility index (Phi) is 2.65. The van der Waals surface area contributed by atoms with Crippen molar-refractivity contribution in [1.82, 2.24) is 4.90 Å².